The van der Waals surface area contributed by atoms with Gasteiger partial charge in [0, 0.05) is 23.5 Å². The number of rotatable bonds is 6. The molecule has 12 heteroatoms. The smallest absolute Gasteiger partial charge is 0.416 e. The van der Waals surface area contributed by atoms with Gasteiger partial charge in [-0.2, -0.15) is 26.3 Å². The molecular weight excluding hydrogens is 578 g/mol. The van der Waals surface area contributed by atoms with Crippen LogP contribution in [-0.4, -0.2) is 35.1 Å². The van der Waals surface area contributed by atoms with Crippen LogP contribution in [0.3, 0.4) is 0 Å². The average molecular weight is 603 g/mol. The Kier molecular flexibility index (Phi) is 6.89. The van der Waals surface area contributed by atoms with E-state index in [9.17, 15) is 35.9 Å². The Morgan fingerprint density at radius 1 is 0.977 bits per heavy atom. The summed E-state index contributed by atoms with van der Waals surface area (Å²) in [6.45, 7) is -0.222. The van der Waals surface area contributed by atoms with E-state index in [-0.39, 0.29) is 35.9 Å². The molecule has 3 aromatic carbocycles. The van der Waals surface area contributed by atoms with Gasteiger partial charge in [0.25, 0.3) is 11.5 Å². The summed E-state index contributed by atoms with van der Waals surface area (Å²) in [5.41, 5.74) is -2.91. The summed E-state index contributed by atoms with van der Waals surface area (Å²) in [4.78, 5) is 29.7. The van der Waals surface area contributed by atoms with E-state index in [0.717, 1.165) is 0 Å². The van der Waals surface area contributed by atoms with Gasteiger partial charge < -0.3 is 18.9 Å². The van der Waals surface area contributed by atoms with Gasteiger partial charge in [-0.15, -0.1) is 0 Å². The highest BCUT2D eigenvalue weighted by Gasteiger charge is 2.40. The van der Waals surface area contributed by atoms with E-state index in [1.54, 1.807) is 42.5 Å². The summed E-state index contributed by atoms with van der Waals surface area (Å²) < 4.78 is 94.1. The van der Waals surface area contributed by atoms with Gasteiger partial charge in [0.15, 0.2) is 0 Å². The number of ether oxygens (including phenoxy) is 2. The molecular formula is C31H24F6N2O4. The van der Waals surface area contributed by atoms with Gasteiger partial charge in [0.05, 0.1) is 30.3 Å². The number of methoxy groups -OCH3 is 1. The van der Waals surface area contributed by atoms with Crippen LogP contribution in [0.4, 0.5) is 26.3 Å². The average Bonchev–Trinajstić information content (AvgIpc) is 3.82. The Balaban J connectivity index is 1.55. The number of carbonyl (C=O) groups excluding carboxylic acids is 1. The number of hydrogen-bond acceptors (Lipinski definition) is 4. The third kappa shape index (κ3) is 5.30. The topological polar surface area (TPSA) is 60.8 Å². The fourth-order valence-electron chi connectivity index (χ4n) is 5.54. The molecule has 0 N–H and O–H groups in total. The van der Waals surface area contributed by atoms with Crippen LogP contribution < -0.4 is 15.0 Å². The van der Waals surface area contributed by atoms with E-state index in [1.807, 2.05) is 0 Å². The van der Waals surface area contributed by atoms with Crippen LogP contribution in [0.5, 0.6) is 11.5 Å². The van der Waals surface area contributed by atoms with Crippen LogP contribution in [-0.2, 0) is 25.4 Å². The molecule has 1 aromatic heterocycles. The maximum Gasteiger partial charge on any atom is 0.416 e. The van der Waals surface area contributed by atoms with Crippen LogP contribution >= 0.6 is 0 Å². The lowest BCUT2D eigenvalue weighted by Gasteiger charge is -2.27. The molecule has 2 aliphatic rings. The Bertz CT molecular complexity index is 1780. The Morgan fingerprint density at radius 2 is 1.65 bits per heavy atom. The SMILES string of the molecule is COc1cccc(-c2c(C(=O)N(Cc3cc(C(F)(F)F)cc(C(F)(F)F)c3)C3CC3)c(=O)n3c4c(cccc24)OCC3)c1. The van der Waals surface area contributed by atoms with E-state index in [2.05, 4.69) is 0 Å². The van der Waals surface area contributed by atoms with Gasteiger partial charge in [-0.05, 0) is 60.4 Å². The molecule has 0 spiro atoms. The molecule has 1 aliphatic heterocycles. The predicted octanol–water partition coefficient (Wildman–Crippen LogP) is 6.91. The third-order valence-corrected chi connectivity index (χ3v) is 7.64. The molecule has 1 saturated carbocycles. The van der Waals surface area contributed by atoms with Crippen LogP contribution in [0, 0.1) is 0 Å². The summed E-state index contributed by atoms with van der Waals surface area (Å²) in [5, 5.41) is 0.530. The van der Waals surface area contributed by atoms with Gasteiger partial charge in [-0.1, -0.05) is 24.3 Å². The monoisotopic (exact) mass is 602 g/mol. The Morgan fingerprint density at radius 3 is 2.28 bits per heavy atom. The summed E-state index contributed by atoms with van der Waals surface area (Å²) in [7, 11) is 1.46. The molecule has 0 saturated heterocycles. The number of aromatic nitrogens is 1. The number of benzene rings is 3. The number of carbonyl (C=O) groups is 1. The molecule has 4 aromatic rings. The molecule has 43 heavy (non-hydrogen) atoms. The summed E-state index contributed by atoms with van der Waals surface area (Å²) in [6.07, 6.45) is -9.09. The van der Waals surface area contributed by atoms with Crippen molar-refractivity contribution >= 4 is 16.8 Å². The molecule has 0 atom stereocenters. The van der Waals surface area contributed by atoms with Gasteiger partial charge in [-0.25, -0.2) is 0 Å². The Hall–Kier alpha value is -4.48. The highest BCUT2D eigenvalue weighted by molar-refractivity contribution is 6.10. The van der Waals surface area contributed by atoms with Gasteiger partial charge in [-0.3, -0.25) is 9.59 Å². The van der Waals surface area contributed by atoms with Crippen molar-refractivity contribution in [2.24, 2.45) is 0 Å². The highest BCUT2D eigenvalue weighted by atomic mass is 19.4. The van der Waals surface area contributed by atoms with Crippen LogP contribution in [0.25, 0.3) is 22.0 Å². The largest absolute Gasteiger partial charge is 0.497 e. The number of nitrogens with zero attached hydrogens (tertiary/aromatic N) is 2. The first-order valence-electron chi connectivity index (χ1n) is 13.4. The number of hydrogen-bond donors (Lipinski definition) is 0. The minimum absolute atomic E-state index is 0.0494. The van der Waals surface area contributed by atoms with E-state index in [0.29, 0.717) is 52.9 Å². The summed E-state index contributed by atoms with van der Waals surface area (Å²) in [6, 6.07) is 12.7. The lowest BCUT2D eigenvalue weighted by molar-refractivity contribution is -0.143. The molecule has 6 nitrogen and oxygen atoms in total. The van der Waals surface area contributed by atoms with Crippen molar-refractivity contribution < 1.29 is 40.6 Å². The molecule has 1 fully saturated rings. The zero-order valence-corrected chi connectivity index (χ0v) is 22.7. The fourth-order valence-corrected chi connectivity index (χ4v) is 5.54. The number of para-hydroxylation sites is 1. The van der Waals surface area contributed by atoms with Gasteiger partial charge in [0.2, 0.25) is 0 Å². The normalized spacial score (nSPS) is 14.9. The van der Waals surface area contributed by atoms with Crippen LogP contribution in [0.2, 0.25) is 0 Å². The van der Waals surface area contributed by atoms with Crippen molar-refractivity contribution in [1.29, 1.82) is 0 Å². The highest BCUT2D eigenvalue weighted by Crippen LogP contribution is 2.40. The second-order valence-corrected chi connectivity index (χ2v) is 10.5. The van der Waals surface area contributed by atoms with Crippen LogP contribution in [0.1, 0.15) is 39.9 Å². The maximum absolute atomic E-state index is 14.4. The number of alkyl halides is 6. The maximum atomic E-state index is 14.4. The van der Waals surface area contributed by atoms with Gasteiger partial charge in [0.1, 0.15) is 23.7 Å². The first-order valence-corrected chi connectivity index (χ1v) is 13.4. The summed E-state index contributed by atoms with van der Waals surface area (Å²) >= 11 is 0. The second-order valence-electron chi connectivity index (χ2n) is 10.5. The van der Waals surface area contributed by atoms with Crippen molar-refractivity contribution in [2.75, 3.05) is 13.7 Å². The van der Waals surface area contributed by atoms with E-state index < -0.39 is 47.5 Å². The molecule has 1 aliphatic carbocycles. The molecule has 6 rings (SSSR count). The second kappa shape index (κ2) is 10.4. The number of halogens is 6. The predicted molar refractivity (Wildman–Crippen MR) is 145 cm³/mol. The standard InChI is InChI=1S/C31H24F6N2O4/c1-42-22-5-2-4-18(14-22)25-23-6-3-7-24-27(23)38(10-11-43-24)28(40)26(25)29(41)39(21-8-9-21)16-17-12-19(30(32,33)34)15-20(13-17)31(35,36)37/h2-7,12-15,21H,8-11,16H2,1H3. The van der Waals surface area contributed by atoms with Crippen LogP contribution in [0.15, 0.2) is 65.5 Å². The van der Waals surface area contributed by atoms with Crippen molar-refractivity contribution in [2.45, 2.75) is 44.3 Å². The molecule has 0 unspecified atom stereocenters. The quantitative estimate of drug-likeness (QED) is 0.225. The Labute approximate surface area is 241 Å². The number of amides is 1. The minimum Gasteiger partial charge on any atom is -0.497 e. The van der Waals surface area contributed by atoms with E-state index >= 15 is 0 Å². The molecule has 224 valence electrons. The lowest BCUT2D eigenvalue weighted by atomic mass is 9.94. The zero-order valence-electron chi connectivity index (χ0n) is 22.7. The van der Waals surface area contributed by atoms with Crippen molar-refractivity contribution in [3.05, 3.63) is 93.3 Å². The summed E-state index contributed by atoms with van der Waals surface area (Å²) in [5.74, 6) is 0.126. The number of pyridine rings is 1. The van der Waals surface area contributed by atoms with Crippen molar-refractivity contribution in [1.82, 2.24) is 9.47 Å². The van der Waals surface area contributed by atoms with E-state index in [4.69, 9.17) is 9.47 Å². The molecule has 2 heterocycles. The van der Waals surface area contributed by atoms with Crippen molar-refractivity contribution in [3.8, 4) is 22.6 Å². The van der Waals surface area contributed by atoms with Crippen molar-refractivity contribution in [3.63, 3.8) is 0 Å². The first kappa shape index (κ1) is 28.6. The molecule has 0 radical (unpaired) electrons. The van der Waals surface area contributed by atoms with Gasteiger partial charge >= 0.3 is 12.4 Å². The zero-order chi connectivity index (χ0) is 30.7. The molecule has 0 bridgehead atoms. The minimum atomic E-state index is -5.04. The fraction of sp³-hybridized carbons (Fsp3) is 0.290. The molecule has 1 amide bonds. The third-order valence-electron chi connectivity index (χ3n) is 7.64. The van der Waals surface area contributed by atoms with E-state index in [1.165, 1.54) is 16.6 Å². The lowest BCUT2D eigenvalue weighted by Crippen LogP contribution is -2.39. The first-order chi connectivity index (χ1) is 20.4.